The molecule has 7 aromatic rings. The van der Waals surface area contributed by atoms with Crippen LogP contribution in [0.1, 0.15) is 12.8 Å². The van der Waals surface area contributed by atoms with Gasteiger partial charge in [-0.3, -0.25) is 19.9 Å². The number of hydrogen-bond acceptors (Lipinski definition) is 9. The van der Waals surface area contributed by atoms with E-state index in [2.05, 4.69) is 111 Å². The molecule has 8 rings (SSSR count). The maximum Gasteiger partial charge on any atom is 2.00 e. The minimum absolute atomic E-state index is 0. The SMILES string of the molecule is C1CCOC1.[O-]c1cccc(Cl)n1.[O-]c1cccc(Cl)n1.[O-]c1cccc(Cl)n1.[O-]c1cccc(Cl)n1.[Ru+2].[Ru+2].c1ccc([PH+](c2ccccc2)c2ccccc2)cc1. The van der Waals surface area contributed by atoms with Crippen molar-refractivity contribution in [1.29, 1.82) is 0 Å². The van der Waals surface area contributed by atoms with Crippen molar-refractivity contribution in [3.63, 3.8) is 0 Å². The van der Waals surface area contributed by atoms with Gasteiger partial charge in [0.15, 0.2) is 0 Å². The molecule has 0 unspecified atom stereocenters. The Bertz CT molecular complexity index is 1780. The van der Waals surface area contributed by atoms with Crippen LogP contribution in [0.3, 0.4) is 0 Å². The van der Waals surface area contributed by atoms with Gasteiger partial charge in [-0.2, -0.15) is 0 Å². The van der Waals surface area contributed by atoms with Gasteiger partial charge in [0.1, 0.15) is 36.5 Å². The predicted octanol–water partition coefficient (Wildman–Crippen LogP) is 7.20. The molecule has 302 valence electrons. The monoisotopic (exact) mass is 1050 g/mol. The van der Waals surface area contributed by atoms with Crippen LogP contribution in [0.5, 0.6) is 23.5 Å². The molecule has 1 saturated heterocycles. The molecule has 0 saturated carbocycles. The standard InChI is InChI=1S/C18H15P.4C5H4ClNO.C4H8O.2Ru/c1-4-10-16(11-5-1)19(17-12-6-2-7-13-17)18-14-8-3-9-15-18;4*6-4-2-1-3-5(8)7-4;1-2-4-5-3-1;;/h1-15H;4*1-3H,(H,7,8);1-4H2;;/q;;;;;;2*+2/p-3. The number of nitrogens with zero attached hydrogens (tertiary/aromatic N) is 4. The van der Waals surface area contributed by atoms with E-state index in [0.717, 1.165) is 13.2 Å². The minimum Gasteiger partial charge on any atom is -0.859 e. The van der Waals surface area contributed by atoms with Crippen molar-refractivity contribution in [1.82, 2.24) is 19.9 Å². The van der Waals surface area contributed by atoms with E-state index in [0.29, 0.717) is 0 Å². The molecule has 9 nitrogen and oxygen atoms in total. The van der Waals surface area contributed by atoms with Crippen LogP contribution in [0, 0.1) is 0 Å². The van der Waals surface area contributed by atoms with Gasteiger partial charge in [-0.1, -0.05) is 150 Å². The van der Waals surface area contributed by atoms with E-state index in [4.69, 9.17) is 51.1 Å². The van der Waals surface area contributed by atoms with Gasteiger partial charge in [0, 0.05) is 13.2 Å². The van der Waals surface area contributed by atoms with E-state index in [9.17, 15) is 20.4 Å². The van der Waals surface area contributed by atoms with E-state index in [1.54, 1.807) is 48.5 Å². The molecule has 0 bridgehead atoms. The fourth-order valence-corrected chi connectivity index (χ4v) is 7.58. The number of benzene rings is 3. The second-order valence-electron chi connectivity index (χ2n) is 11.0. The van der Waals surface area contributed by atoms with Gasteiger partial charge in [-0.05, 0) is 97.0 Å². The molecule has 0 spiro atoms. The van der Waals surface area contributed by atoms with Crippen LogP contribution in [0.2, 0.25) is 20.6 Å². The first-order valence-electron chi connectivity index (χ1n) is 16.9. The Morgan fingerprint density at radius 2 is 0.603 bits per heavy atom. The third-order valence-electron chi connectivity index (χ3n) is 6.77. The first kappa shape index (κ1) is 52.3. The van der Waals surface area contributed by atoms with Crippen LogP contribution in [-0.4, -0.2) is 33.1 Å². The van der Waals surface area contributed by atoms with E-state index in [-0.39, 0.29) is 83.1 Å². The van der Waals surface area contributed by atoms with Crippen molar-refractivity contribution in [3.05, 3.63) is 184 Å². The second-order valence-corrected chi connectivity index (χ2v) is 15.0. The normalized spacial score (nSPS) is 10.6. The maximum atomic E-state index is 10.3. The summed E-state index contributed by atoms with van der Waals surface area (Å²) in [7, 11) is -0.877. The smallest absolute Gasteiger partial charge is 0.859 e. The third kappa shape index (κ3) is 23.0. The quantitative estimate of drug-likeness (QED) is 0.102. The molecular formula is C42H36Cl4N4O5PRu2+. The van der Waals surface area contributed by atoms with E-state index >= 15 is 0 Å². The summed E-state index contributed by atoms with van der Waals surface area (Å²) in [6.07, 6.45) is 2.56. The van der Waals surface area contributed by atoms with Crippen molar-refractivity contribution < 1.29 is 64.1 Å². The number of rotatable bonds is 3. The van der Waals surface area contributed by atoms with Crippen molar-refractivity contribution in [3.8, 4) is 23.5 Å². The fraction of sp³-hybridized carbons (Fsp3) is 0.0952. The number of aromatic nitrogens is 4. The number of ether oxygens (including phenoxy) is 1. The number of hydrogen-bond donors (Lipinski definition) is 0. The topological polar surface area (TPSA) is 153 Å². The summed E-state index contributed by atoms with van der Waals surface area (Å²) in [5.41, 5.74) is 0. The van der Waals surface area contributed by atoms with Gasteiger partial charge >= 0.3 is 39.0 Å². The average molecular weight is 1050 g/mol. The minimum atomic E-state index is -0.877. The van der Waals surface area contributed by atoms with E-state index in [1.165, 1.54) is 53.0 Å². The summed E-state index contributed by atoms with van der Waals surface area (Å²) in [4.78, 5) is 13.5. The molecule has 3 aromatic carbocycles. The van der Waals surface area contributed by atoms with Crippen molar-refractivity contribution in [2.45, 2.75) is 12.8 Å². The Morgan fingerprint density at radius 1 is 0.362 bits per heavy atom. The van der Waals surface area contributed by atoms with Crippen LogP contribution in [0.4, 0.5) is 0 Å². The van der Waals surface area contributed by atoms with Gasteiger partial charge in [-0.25, -0.2) is 0 Å². The summed E-state index contributed by atoms with van der Waals surface area (Å²) in [5, 5.41) is 46.5. The van der Waals surface area contributed by atoms with Crippen molar-refractivity contribution in [2.24, 2.45) is 0 Å². The maximum absolute atomic E-state index is 10.3. The molecule has 58 heavy (non-hydrogen) atoms. The third-order valence-corrected chi connectivity index (χ3v) is 10.3. The Labute approximate surface area is 385 Å². The Balaban J connectivity index is 0.000000369. The molecule has 0 aliphatic carbocycles. The summed E-state index contributed by atoms with van der Waals surface area (Å²) >= 11 is 21.3. The molecule has 5 heterocycles. The largest absolute Gasteiger partial charge is 2.00 e. The first-order valence-corrected chi connectivity index (χ1v) is 19.9. The molecule has 0 N–H and O–H groups in total. The van der Waals surface area contributed by atoms with E-state index in [1.807, 2.05) is 0 Å². The van der Waals surface area contributed by atoms with Gasteiger partial charge in [0.05, 0.1) is 7.92 Å². The summed E-state index contributed by atoms with van der Waals surface area (Å²) in [6.45, 7) is 2.00. The molecule has 4 aromatic heterocycles. The second kappa shape index (κ2) is 31.2. The van der Waals surface area contributed by atoms with E-state index < -0.39 is 7.92 Å². The predicted molar refractivity (Wildman–Crippen MR) is 221 cm³/mol. The van der Waals surface area contributed by atoms with Crippen LogP contribution in [0.25, 0.3) is 0 Å². The van der Waals surface area contributed by atoms with Crippen LogP contribution in [-0.2, 0) is 43.7 Å². The van der Waals surface area contributed by atoms with Gasteiger partial charge in [-0.15, -0.1) is 0 Å². The zero-order chi connectivity index (χ0) is 40.4. The van der Waals surface area contributed by atoms with Crippen molar-refractivity contribution in [2.75, 3.05) is 13.2 Å². The molecule has 16 heteroatoms. The number of halogens is 4. The molecule has 0 radical (unpaired) electrons. The molecule has 1 aliphatic heterocycles. The van der Waals surface area contributed by atoms with Gasteiger partial charge in [0.25, 0.3) is 0 Å². The number of pyridine rings is 4. The van der Waals surface area contributed by atoms with Gasteiger partial charge < -0.3 is 25.2 Å². The zero-order valence-corrected chi connectivity index (χ0v) is 38.0. The van der Waals surface area contributed by atoms with Gasteiger partial charge in [0.2, 0.25) is 0 Å². The van der Waals surface area contributed by atoms with Crippen molar-refractivity contribution >= 4 is 70.2 Å². The Morgan fingerprint density at radius 3 is 0.759 bits per heavy atom. The molecule has 1 aliphatic rings. The fourth-order valence-electron chi connectivity index (χ4n) is 4.38. The molecular weight excluding hydrogens is 1020 g/mol. The van der Waals surface area contributed by atoms with Crippen LogP contribution < -0.4 is 36.3 Å². The summed E-state index contributed by atoms with van der Waals surface area (Å²) in [5.74, 6) is -1.18. The van der Waals surface area contributed by atoms with Crippen LogP contribution >= 0.6 is 54.3 Å². The summed E-state index contributed by atoms with van der Waals surface area (Å²) in [6, 6.07) is 50.4. The average Bonchev–Trinajstić information content (AvgIpc) is 3.78. The Hall–Kier alpha value is -3.74. The first-order chi connectivity index (χ1) is 27.1. The Kier molecular flexibility index (Phi) is 28.1. The molecule has 0 atom stereocenters. The van der Waals surface area contributed by atoms with Crippen LogP contribution in [0.15, 0.2) is 164 Å². The molecule has 1 fully saturated rings. The molecule has 0 amide bonds. The summed E-state index contributed by atoms with van der Waals surface area (Å²) < 4.78 is 4.94. The zero-order valence-electron chi connectivity index (χ0n) is 30.5.